The van der Waals surface area contributed by atoms with Crippen molar-refractivity contribution in [3.63, 3.8) is 0 Å². The van der Waals surface area contributed by atoms with Crippen molar-refractivity contribution in [1.29, 1.82) is 0 Å². The smallest absolute Gasteiger partial charge is 0.194 e. The summed E-state index contributed by atoms with van der Waals surface area (Å²) in [5.74, 6) is -4.46. The Morgan fingerprint density at radius 3 is 2.47 bits per heavy atom. The van der Waals surface area contributed by atoms with Crippen LogP contribution in [-0.4, -0.2) is 11.4 Å². The average molecular weight is 218 g/mol. The number of hydrogen-bond acceptors (Lipinski definition) is 2. The minimum Gasteiger partial charge on any atom is -0.385 e. The summed E-state index contributed by atoms with van der Waals surface area (Å²) in [6.45, 7) is 1.15. The number of carbonyl (C=O) groups is 1. The highest BCUT2D eigenvalue weighted by Crippen LogP contribution is 2.28. The summed E-state index contributed by atoms with van der Waals surface area (Å²) in [5.41, 5.74) is -2.27. The fraction of sp³-hybridized carbons (Fsp3) is 0.300. The van der Waals surface area contributed by atoms with Crippen molar-refractivity contribution in [3.05, 3.63) is 35.1 Å². The van der Waals surface area contributed by atoms with Crippen LogP contribution in [0.3, 0.4) is 0 Å². The van der Waals surface area contributed by atoms with Crippen LogP contribution in [0.15, 0.2) is 12.1 Å². The van der Waals surface area contributed by atoms with Gasteiger partial charge in [0.2, 0.25) is 0 Å². The van der Waals surface area contributed by atoms with Gasteiger partial charge in [-0.3, -0.25) is 0 Å². The third-order valence-corrected chi connectivity index (χ3v) is 2.10. The van der Waals surface area contributed by atoms with Crippen LogP contribution in [0.2, 0.25) is 0 Å². The standard InChI is InChI=1S/C10H9F3O2/c1-10(15,4-5-14)6-2-3-7(11)9(13)8(6)12/h2-3,5,15H,4H2,1H3. The molecule has 1 N–H and O–H groups in total. The van der Waals surface area contributed by atoms with Crippen LogP contribution in [0.4, 0.5) is 13.2 Å². The molecule has 15 heavy (non-hydrogen) atoms. The summed E-state index contributed by atoms with van der Waals surface area (Å²) in [4.78, 5) is 10.2. The summed E-state index contributed by atoms with van der Waals surface area (Å²) >= 11 is 0. The Balaban J connectivity index is 3.26. The van der Waals surface area contributed by atoms with E-state index in [1.54, 1.807) is 0 Å². The highest BCUT2D eigenvalue weighted by molar-refractivity contribution is 5.52. The van der Waals surface area contributed by atoms with E-state index < -0.39 is 35.0 Å². The molecule has 0 amide bonds. The summed E-state index contributed by atoms with van der Waals surface area (Å²) in [5, 5.41) is 9.62. The molecule has 0 aromatic heterocycles. The zero-order valence-electron chi connectivity index (χ0n) is 7.93. The maximum absolute atomic E-state index is 13.2. The lowest BCUT2D eigenvalue weighted by molar-refractivity contribution is -0.112. The van der Waals surface area contributed by atoms with Crippen molar-refractivity contribution in [2.24, 2.45) is 0 Å². The summed E-state index contributed by atoms with van der Waals surface area (Å²) < 4.78 is 38.6. The Bertz CT molecular complexity index is 388. The molecule has 0 fully saturated rings. The summed E-state index contributed by atoms with van der Waals surface area (Å²) in [6.07, 6.45) is -0.0182. The predicted molar refractivity (Wildman–Crippen MR) is 46.6 cm³/mol. The van der Waals surface area contributed by atoms with Crippen molar-refractivity contribution in [2.45, 2.75) is 18.9 Å². The quantitative estimate of drug-likeness (QED) is 0.621. The lowest BCUT2D eigenvalue weighted by atomic mass is 9.92. The van der Waals surface area contributed by atoms with Gasteiger partial charge in [0.25, 0.3) is 0 Å². The molecule has 0 heterocycles. The van der Waals surface area contributed by atoms with Gasteiger partial charge in [-0.2, -0.15) is 0 Å². The number of hydrogen-bond donors (Lipinski definition) is 1. The lowest BCUT2D eigenvalue weighted by Gasteiger charge is -2.21. The van der Waals surface area contributed by atoms with Crippen molar-refractivity contribution in [1.82, 2.24) is 0 Å². The fourth-order valence-corrected chi connectivity index (χ4v) is 1.21. The maximum atomic E-state index is 13.2. The zero-order valence-corrected chi connectivity index (χ0v) is 7.93. The Morgan fingerprint density at radius 1 is 1.33 bits per heavy atom. The molecule has 82 valence electrons. The van der Waals surface area contributed by atoms with E-state index in [0.29, 0.717) is 12.4 Å². The van der Waals surface area contributed by atoms with E-state index in [-0.39, 0.29) is 0 Å². The molecule has 0 aliphatic carbocycles. The lowest BCUT2D eigenvalue weighted by Crippen LogP contribution is -2.24. The van der Waals surface area contributed by atoms with Crippen LogP contribution in [0.5, 0.6) is 0 Å². The second-order valence-corrected chi connectivity index (χ2v) is 3.37. The van der Waals surface area contributed by atoms with Gasteiger partial charge in [-0.05, 0) is 13.0 Å². The maximum Gasteiger partial charge on any atom is 0.194 e. The number of rotatable bonds is 3. The van der Waals surface area contributed by atoms with Crippen LogP contribution < -0.4 is 0 Å². The molecule has 0 aliphatic rings. The van der Waals surface area contributed by atoms with Gasteiger partial charge in [-0.15, -0.1) is 0 Å². The van der Waals surface area contributed by atoms with Gasteiger partial charge in [-0.25, -0.2) is 13.2 Å². The van der Waals surface area contributed by atoms with E-state index in [9.17, 15) is 23.1 Å². The topological polar surface area (TPSA) is 37.3 Å². The Kier molecular flexibility index (Phi) is 3.14. The molecule has 1 aromatic rings. The van der Waals surface area contributed by atoms with Crippen molar-refractivity contribution >= 4 is 6.29 Å². The zero-order chi connectivity index (χ0) is 11.6. The van der Waals surface area contributed by atoms with E-state index >= 15 is 0 Å². The van der Waals surface area contributed by atoms with Gasteiger partial charge in [-0.1, -0.05) is 6.07 Å². The van der Waals surface area contributed by atoms with Gasteiger partial charge < -0.3 is 9.90 Å². The molecule has 0 saturated heterocycles. The first kappa shape index (κ1) is 11.7. The van der Waals surface area contributed by atoms with Crippen molar-refractivity contribution in [3.8, 4) is 0 Å². The molecule has 1 aromatic carbocycles. The molecule has 1 unspecified atom stereocenters. The Hall–Kier alpha value is -1.36. The van der Waals surface area contributed by atoms with E-state index in [0.717, 1.165) is 13.0 Å². The first-order valence-corrected chi connectivity index (χ1v) is 4.20. The number of carbonyl (C=O) groups excluding carboxylic acids is 1. The van der Waals surface area contributed by atoms with Crippen LogP contribution in [0, 0.1) is 17.5 Å². The molecule has 5 heteroatoms. The van der Waals surface area contributed by atoms with Crippen molar-refractivity contribution < 1.29 is 23.1 Å². The first-order chi connectivity index (χ1) is 6.90. The number of aliphatic hydroxyl groups is 1. The second-order valence-electron chi connectivity index (χ2n) is 3.37. The number of benzene rings is 1. The highest BCUT2D eigenvalue weighted by Gasteiger charge is 2.28. The molecule has 0 aliphatic heterocycles. The molecule has 1 rings (SSSR count). The van der Waals surface area contributed by atoms with Crippen LogP contribution in [0.25, 0.3) is 0 Å². The molecular formula is C10H9F3O2. The molecule has 0 radical (unpaired) electrons. The molecule has 2 nitrogen and oxygen atoms in total. The molecule has 0 spiro atoms. The van der Waals surface area contributed by atoms with Crippen LogP contribution >= 0.6 is 0 Å². The largest absolute Gasteiger partial charge is 0.385 e. The SMILES string of the molecule is CC(O)(CC=O)c1ccc(F)c(F)c1F. The molecular weight excluding hydrogens is 209 g/mol. The average Bonchev–Trinajstić information content (AvgIpc) is 2.13. The van der Waals surface area contributed by atoms with Crippen molar-refractivity contribution in [2.75, 3.05) is 0 Å². The molecule has 1 atom stereocenters. The van der Waals surface area contributed by atoms with Crippen LogP contribution in [-0.2, 0) is 10.4 Å². The van der Waals surface area contributed by atoms with Gasteiger partial charge in [0.1, 0.15) is 6.29 Å². The number of aldehydes is 1. The summed E-state index contributed by atoms with van der Waals surface area (Å²) in [7, 11) is 0. The van der Waals surface area contributed by atoms with E-state index in [1.807, 2.05) is 0 Å². The van der Waals surface area contributed by atoms with E-state index in [4.69, 9.17) is 0 Å². The normalized spacial score (nSPS) is 14.7. The first-order valence-electron chi connectivity index (χ1n) is 4.20. The molecule has 0 saturated carbocycles. The van der Waals surface area contributed by atoms with E-state index in [2.05, 4.69) is 0 Å². The van der Waals surface area contributed by atoms with Crippen LogP contribution in [0.1, 0.15) is 18.9 Å². The predicted octanol–water partition coefficient (Wildman–Crippen LogP) is 1.90. The Morgan fingerprint density at radius 2 is 1.93 bits per heavy atom. The second kappa shape index (κ2) is 4.02. The minimum absolute atomic E-state index is 0.376. The van der Waals surface area contributed by atoms with Gasteiger partial charge in [0.15, 0.2) is 17.5 Å². The third kappa shape index (κ3) is 2.18. The Labute approximate surface area is 84.3 Å². The summed E-state index contributed by atoms with van der Waals surface area (Å²) in [6, 6.07) is 1.62. The van der Waals surface area contributed by atoms with Gasteiger partial charge >= 0.3 is 0 Å². The number of halogens is 3. The van der Waals surface area contributed by atoms with E-state index in [1.165, 1.54) is 0 Å². The van der Waals surface area contributed by atoms with Gasteiger partial charge in [0.05, 0.1) is 5.60 Å². The van der Waals surface area contributed by atoms with Gasteiger partial charge in [0, 0.05) is 12.0 Å². The highest BCUT2D eigenvalue weighted by atomic mass is 19.2. The third-order valence-electron chi connectivity index (χ3n) is 2.10. The molecule has 0 bridgehead atoms. The fourth-order valence-electron chi connectivity index (χ4n) is 1.21. The minimum atomic E-state index is -1.83. The monoisotopic (exact) mass is 218 g/mol.